The standard InChI is InChI=1S/C13H14BrNO2/c1-15-8-10-4-6-12(17-10)9-3-5-11(14)13(7-9)16-2/h3-7,15H,8H2,1-2H3. The molecule has 0 atom stereocenters. The third kappa shape index (κ3) is 2.70. The van der Waals surface area contributed by atoms with Crippen LogP contribution in [0.15, 0.2) is 39.2 Å². The molecule has 0 saturated carbocycles. The normalized spacial score (nSPS) is 10.5. The predicted octanol–water partition coefficient (Wildman–Crippen LogP) is 3.44. The van der Waals surface area contributed by atoms with Crippen LogP contribution in [0.2, 0.25) is 0 Å². The highest BCUT2D eigenvalue weighted by Gasteiger charge is 2.07. The summed E-state index contributed by atoms with van der Waals surface area (Å²) in [6, 6.07) is 9.84. The SMILES string of the molecule is CNCc1ccc(-c2ccc(Br)c(OC)c2)o1. The Kier molecular flexibility index (Phi) is 3.86. The van der Waals surface area contributed by atoms with Crippen LogP contribution in [0.5, 0.6) is 5.75 Å². The molecular formula is C13H14BrNO2. The Labute approximate surface area is 109 Å². The molecule has 0 bridgehead atoms. The minimum Gasteiger partial charge on any atom is -0.496 e. The lowest BCUT2D eigenvalue weighted by Gasteiger charge is -2.04. The van der Waals surface area contributed by atoms with Crippen molar-refractivity contribution in [2.24, 2.45) is 0 Å². The molecule has 90 valence electrons. The second-order valence-electron chi connectivity index (χ2n) is 3.65. The number of hydrogen-bond donors (Lipinski definition) is 1. The molecule has 17 heavy (non-hydrogen) atoms. The number of nitrogens with one attached hydrogen (secondary N) is 1. The average molecular weight is 296 g/mol. The number of halogens is 1. The number of rotatable bonds is 4. The van der Waals surface area contributed by atoms with Crippen molar-refractivity contribution < 1.29 is 9.15 Å². The molecule has 0 amide bonds. The van der Waals surface area contributed by atoms with Gasteiger partial charge < -0.3 is 14.5 Å². The molecule has 0 radical (unpaired) electrons. The molecule has 1 N–H and O–H groups in total. The summed E-state index contributed by atoms with van der Waals surface area (Å²) in [5, 5.41) is 3.05. The average Bonchev–Trinajstić information content (AvgIpc) is 2.79. The van der Waals surface area contributed by atoms with Crippen molar-refractivity contribution in [2.45, 2.75) is 6.54 Å². The van der Waals surface area contributed by atoms with Crippen LogP contribution in [0.1, 0.15) is 5.76 Å². The maximum absolute atomic E-state index is 5.72. The second-order valence-corrected chi connectivity index (χ2v) is 4.50. The molecular weight excluding hydrogens is 282 g/mol. The molecule has 0 aliphatic carbocycles. The van der Waals surface area contributed by atoms with Crippen LogP contribution < -0.4 is 10.1 Å². The zero-order valence-corrected chi connectivity index (χ0v) is 11.4. The third-order valence-corrected chi connectivity index (χ3v) is 3.10. The van der Waals surface area contributed by atoms with Crippen LogP contribution in [0.4, 0.5) is 0 Å². The van der Waals surface area contributed by atoms with Gasteiger partial charge in [-0.25, -0.2) is 0 Å². The van der Waals surface area contributed by atoms with Gasteiger partial charge in [-0.2, -0.15) is 0 Å². The van der Waals surface area contributed by atoms with E-state index >= 15 is 0 Å². The molecule has 0 fully saturated rings. The van der Waals surface area contributed by atoms with Crippen LogP contribution in [0, 0.1) is 0 Å². The summed E-state index contributed by atoms with van der Waals surface area (Å²) in [6.07, 6.45) is 0. The highest BCUT2D eigenvalue weighted by molar-refractivity contribution is 9.10. The Morgan fingerprint density at radius 1 is 1.29 bits per heavy atom. The van der Waals surface area contributed by atoms with E-state index in [2.05, 4.69) is 21.2 Å². The molecule has 0 spiro atoms. The summed E-state index contributed by atoms with van der Waals surface area (Å²) in [4.78, 5) is 0. The van der Waals surface area contributed by atoms with Crippen molar-refractivity contribution in [1.82, 2.24) is 5.32 Å². The van der Waals surface area contributed by atoms with Crippen molar-refractivity contribution in [3.05, 3.63) is 40.6 Å². The Hall–Kier alpha value is -1.26. The van der Waals surface area contributed by atoms with Gasteiger partial charge in [-0.15, -0.1) is 0 Å². The maximum atomic E-state index is 5.72. The largest absolute Gasteiger partial charge is 0.496 e. The molecule has 1 aromatic carbocycles. The quantitative estimate of drug-likeness (QED) is 0.938. The molecule has 0 saturated heterocycles. The highest BCUT2D eigenvalue weighted by Crippen LogP contribution is 2.31. The van der Waals surface area contributed by atoms with Gasteiger partial charge in [0, 0.05) is 5.56 Å². The van der Waals surface area contributed by atoms with Crippen LogP contribution in [-0.4, -0.2) is 14.2 Å². The molecule has 3 nitrogen and oxygen atoms in total. The summed E-state index contributed by atoms with van der Waals surface area (Å²) >= 11 is 3.43. The lowest BCUT2D eigenvalue weighted by molar-refractivity contribution is 0.412. The van der Waals surface area contributed by atoms with Crippen molar-refractivity contribution >= 4 is 15.9 Å². The first kappa shape index (κ1) is 12.2. The molecule has 2 aromatic rings. The van der Waals surface area contributed by atoms with E-state index in [1.807, 2.05) is 37.4 Å². The molecule has 2 rings (SSSR count). The summed E-state index contributed by atoms with van der Waals surface area (Å²) < 4.78 is 11.9. The van der Waals surface area contributed by atoms with E-state index in [-0.39, 0.29) is 0 Å². The van der Waals surface area contributed by atoms with Gasteiger partial charge in [0.05, 0.1) is 18.1 Å². The minimum atomic E-state index is 0.730. The lowest BCUT2D eigenvalue weighted by atomic mass is 10.1. The molecule has 4 heteroatoms. The van der Waals surface area contributed by atoms with E-state index in [4.69, 9.17) is 9.15 Å². The summed E-state index contributed by atoms with van der Waals surface area (Å²) in [5.74, 6) is 2.57. The lowest BCUT2D eigenvalue weighted by Crippen LogP contribution is -2.03. The van der Waals surface area contributed by atoms with Crippen LogP contribution >= 0.6 is 15.9 Å². The number of furan rings is 1. The fourth-order valence-corrected chi connectivity index (χ4v) is 2.02. The van der Waals surface area contributed by atoms with E-state index in [1.165, 1.54) is 0 Å². The van der Waals surface area contributed by atoms with Crippen molar-refractivity contribution in [1.29, 1.82) is 0 Å². The Balaban J connectivity index is 2.32. The molecule has 1 heterocycles. The van der Waals surface area contributed by atoms with Crippen molar-refractivity contribution in [3.63, 3.8) is 0 Å². The van der Waals surface area contributed by atoms with Gasteiger partial charge in [-0.1, -0.05) is 0 Å². The van der Waals surface area contributed by atoms with Crippen LogP contribution in [-0.2, 0) is 6.54 Å². The first-order valence-electron chi connectivity index (χ1n) is 5.32. The topological polar surface area (TPSA) is 34.4 Å². The van der Waals surface area contributed by atoms with Gasteiger partial charge in [0.2, 0.25) is 0 Å². The highest BCUT2D eigenvalue weighted by atomic mass is 79.9. The van der Waals surface area contributed by atoms with Crippen molar-refractivity contribution in [3.8, 4) is 17.1 Å². The maximum Gasteiger partial charge on any atom is 0.134 e. The predicted molar refractivity (Wildman–Crippen MR) is 71.2 cm³/mol. The summed E-state index contributed by atoms with van der Waals surface area (Å²) in [5.41, 5.74) is 1.01. The second kappa shape index (κ2) is 5.38. The van der Waals surface area contributed by atoms with Gasteiger partial charge in [-0.3, -0.25) is 0 Å². The Morgan fingerprint density at radius 3 is 2.82 bits per heavy atom. The van der Waals surface area contributed by atoms with Gasteiger partial charge in [0.1, 0.15) is 17.3 Å². The van der Waals surface area contributed by atoms with E-state index in [0.29, 0.717) is 0 Å². The number of benzene rings is 1. The van der Waals surface area contributed by atoms with Crippen LogP contribution in [0.25, 0.3) is 11.3 Å². The van der Waals surface area contributed by atoms with Gasteiger partial charge in [-0.05, 0) is 53.3 Å². The number of hydrogen-bond acceptors (Lipinski definition) is 3. The molecule has 0 aliphatic heterocycles. The van der Waals surface area contributed by atoms with E-state index in [0.717, 1.165) is 33.9 Å². The van der Waals surface area contributed by atoms with E-state index < -0.39 is 0 Å². The molecule has 0 aliphatic rings. The molecule has 1 aromatic heterocycles. The van der Waals surface area contributed by atoms with E-state index in [9.17, 15) is 0 Å². The third-order valence-electron chi connectivity index (χ3n) is 2.45. The van der Waals surface area contributed by atoms with Gasteiger partial charge >= 0.3 is 0 Å². The summed E-state index contributed by atoms with van der Waals surface area (Å²) in [6.45, 7) is 0.730. The Bertz CT molecular complexity index is 508. The zero-order chi connectivity index (χ0) is 12.3. The smallest absolute Gasteiger partial charge is 0.134 e. The van der Waals surface area contributed by atoms with Gasteiger partial charge in [0.25, 0.3) is 0 Å². The van der Waals surface area contributed by atoms with Gasteiger partial charge in [0.15, 0.2) is 0 Å². The first-order chi connectivity index (χ1) is 8.24. The van der Waals surface area contributed by atoms with Crippen LogP contribution in [0.3, 0.4) is 0 Å². The van der Waals surface area contributed by atoms with E-state index in [1.54, 1.807) is 7.11 Å². The van der Waals surface area contributed by atoms with Crippen molar-refractivity contribution in [2.75, 3.05) is 14.2 Å². The fourth-order valence-electron chi connectivity index (χ4n) is 1.62. The minimum absolute atomic E-state index is 0.730. The number of ether oxygens (including phenoxy) is 1. The monoisotopic (exact) mass is 295 g/mol. The zero-order valence-electron chi connectivity index (χ0n) is 9.79. The summed E-state index contributed by atoms with van der Waals surface area (Å²) in [7, 11) is 3.54. The number of methoxy groups -OCH3 is 1. The first-order valence-corrected chi connectivity index (χ1v) is 6.11. The Morgan fingerprint density at radius 2 is 2.12 bits per heavy atom. The molecule has 0 unspecified atom stereocenters. The fraction of sp³-hybridized carbons (Fsp3) is 0.231.